The first-order valence-electron chi connectivity index (χ1n) is 3.65. The van der Waals surface area contributed by atoms with Gasteiger partial charge in [-0.15, -0.1) is 11.6 Å². The van der Waals surface area contributed by atoms with Crippen LogP contribution in [0.3, 0.4) is 0 Å². The van der Waals surface area contributed by atoms with Gasteiger partial charge in [0, 0.05) is 0 Å². The van der Waals surface area contributed by atoms with Crippen LogP contribution in [-0.2, 0) is 0 Å². The number of phenolic OH excluding ortho intramolecular Hbond substituents is 1. The first-order valence-corrected chi connectivity index (χ1v) is 4.18. The van der Waals surface area contributed by atoms with Crippen molar-refractivity contribution in [2.24, 2.45) is 0 Å². The zero-order valence-electron chi connectivity index (χ0n) is 7.08. The highest BCUT2D eigenvalue weighted by molar-refractivity contribution is 6.30. The van der Waals surface area contributed by atoms with Crippen molar-refractivity contribution < 1.29 is 14.6 Å². The molecular formula is C9H9ClO3. The number of carbonyl (C=O) groups excluding carboxylic acids is 1. The lowest BCUT2D eigenvalue weighted by Crippen LogP contribution is -2.00. The fourth-order valence-corrected chi connectivity index (χ4v) is 1.08. The summed E-state index contributed by atoms with van der Waals surface area (Å²) < 4.78 is 4.90. The Morgan fingerprint density at radius 1 is 1.62 bits per heavy atom. The van der Waals surface area contributed by atoms with Gasteiger partial charge in [0.1, 0.15) is 11.5 Å². The second-order valence-corrected chi connectivity index (χ2v) is 2.71. The van der Waals surface area contributed by atoms with Crippen molar-refractivity contribution in [3.8, 4) is 11.5 Å². The summed E-state index contributed by atoms with van der Waals surface area (Å²) in [6.45, 7) is 0. The average Bonchev–Trinajstić information content (AvgIpc) is 2.17. The highest BCUT2D eigenvalue weighted by atomic mass is 35.5. The molecule has 1 aromatic rings. The van der Waals surface area contributed by atoms with Gasteiger partial charge in [0.2, 0.25) is 0 Å². The molecule has 1 rings (SSSR count). The summed E-state index contributed by atoms with van der Waals surface area (Å²) in [4.78, 5) is 11.2. The predicted molar refractivity (Wildman–Crippen MR) is 49.7 cm³/mol. The second-order valence-electron chi connectivity index (χ2n) is 2.44. The Labute approximate surface area is 80.9 Å². The van der Waals surface area contributed by atoms with E-state index in [1.165, 1.54) is 19.2 Å². The Morgan fingerprint density at radius 3 is 2.85 bits per heavy atom. The van der Waals surface area contributed by atoms with E-state index in [1.54, 1.807) is 6.07 Å². The molecule has 0 spiro atoms. The maximum atomic E-state index is 11.2. The first-order chi connectivity index (χ1) is 6.19. The Hall–Kier alpha value is -1.22. The molecular weight excluding hydrogens is 192 g/mol. The number of hydrogen-bond donors (Lipinski definition) is 1. The van der Waals surface area contributed by atoms with Crippen LogP contribution in [0.2, 0.25) is 0 Å². The van der Waals surface area contributed by atoms with E-state index < -0.39 is 0 Å². The SMILES string of the molecule is COc1ccc(O)c(C(=O)CCl)c1. The molecule has 0 aromatic heterocycles. The minimum absolute atomic E-state index is 0.0774. The zero-order valence-corrected chi connectivity index (χ0v) is 7.84. The van der Waals surface area contributed by atoms with Gasteiger partial charge in [-0.1, -0.05) is 0 Å². The molecule has 0 aliphatic heterocycles. The lowest BCUT2D eigenvalue weighted by molar-refractivity contribution is 0.101. The fourth-order valence-electron chi connectivity index (χ4n) is 0.937. The lowest BCUT2D eigenvalue weighted by atomic mass is 10.1. The number of Topliss-reactive ketones (excluding diaryl/α,β-unsaturated/α-hetero) is 1. The summed E-state index contributed by atoms with van der Waals surface area (Å²) in [6.07, 6.45) is 0. The summed E-state index contributed by atoms with van der Waals surface area (Å²) in [7, 11) is 1.49. The van der Waals surface area contributed by atoms with Gasteiger partial charge in [-0.05, 0) is 18.2 Å². The lowest BCUT2D eigenvalue weighted by Gasteiger charge is -2.04. The molecule has 0 saturated carbocycles. The molecule has 0 fully saturated rings. The number of ketones is 1. The first kappa shape index (κ1) is 9.86. The molecule has 4 heteroatoms. The molecule has 0 bridgehead atoms. The molecule has 0 radical (unpaired) electrons. The van der Waals surface area contributed by atoms with Crippen LogP contribution >= 0.6 is 11.6 Å². The molecule has 3 nitrogen and oxygen atoms in total. The minimum atomic E-state index is -0.321. The fraction of sp³-hybridized carbons (Fsp3) is 0.222. The minimum Gasteiger partial charge on any atom is -0.507 e. The van der Waals surface area contributed by atoms with E-state index >= 15 is 0 Å². The molecule has 0 aliphatic rings. The van der Waals surface area contributed by atoms with Crippen molar-refractivity contribution in [1.82, 2.24) is 0 Å². The molecule has 0 aliphatic carbocycles. The highest BCUT2D eigenvalue weighted by Crippen LogP contribution is 2.23. The van der Waals surface area contributed by atoms with Gasteiger partial charge in [0.15, 0.2) is 5.78 Å². The number of phenols is 1. The normalized spacial score (nSPS) is 9.69. The van der Waals surface area contributed by atoms with Crippen molar-refractivity contribution in [1.29, 1.82) is 0 Å². The van der Waals surface area contributed by atoms with Gasteiger partial charge < -0.3 is 9.84 Å². The number of carbonyl (C=O) groups is 1. The molecule has 0 unspecified atom stereocenters. The Balaban J connectivity index is 3.11. The summed E-state index contributed by atoms with van der Waals surface area (Å²) in [5.74, 6) is -0.0310. The van der Waals surface area contributed by atoms with Crippen molar-refractivity contribution in [3.63, 3.8) is 0 Å². The van der Waals surface area contributed by atoms with E-state index in [4.69, 9.17) is 16.3 Å². The van der Waals surface area contributed by atoms with Crippen LogP contribution in [0.1, 0.15) is 10.4 Å². The van der Waals surface area contributed by atoms with Crippen LogP contribution < -0.4 is 4.74 Å². The quantitative estimate of drug-likeness (QED) is 0.598. The average molecular weight is 201 g/mol. The molecule has 13 heavy (non-hydrogen) atoms. The molecule has 70 valence electrons. The summed E-state index contributed by atoms with van der Waals surface area (Å²) in [5.41, 5.74) is 0.189. The van der Waals surface area contributed by atoms with Gasteiger partial charge in [0.25, 0.3) is 0 Å². The zero-order chi connectivity index (χ0) is 9.84. The van der Waals surface area contributed by atoms with Gasteiger partial charge in [-0.2, -0.15) is 0 Å². The van der Waals surface area contributed by atoms with Crippen LogP contribution in [0, 0.1) is 0 Å². The van der Waals surface area contributed by atoms with Crippen molar-refractivity contribution in [3.05, 3.63) is 23.8 Å². The van der Waals surface area contributed by atoms with Gasteiger partial charge in [-0.25, -0.2) is 0 Å². The van der Waals surface area contributed by atoms with Crippen LogP contribution in [0.5, 0.6) is 11.5 Å². The Kier molecular flexibility index (Phi) is 3.14. The molecule has 0 amide bonds. The maximum absolute atomic E-state index is 11.2. The predicted octanol–water partition coefficient (Wildman–Crippen LogP) is 1.82. The van der Waals surface area contributed by atoms with E-state index in [0.29, 0.717) is 5.75 Å². The van der Waals surface area contributed by atoms with E-state index in [9.17, 15) is 9.90 Å². The molecule has 1 N–H and O–H groups in total. The third kappa shape index (κ3) is 2.12. The van der Waals surface area contributed by atoms with Crippen LogP contribution in [0.4, 0.5) is 0 Å². The van der Waals surface area contributed by atoms with Gasteiger partial charge in [-0.3, -0.25) is 4.79 Å². The molecule has 0 heterocycles. The van der Waals surface area contributed by atoms with E-state index in [-0.39, 0.29) is 23.0 Å². The van der Waals surface area contributed by atoms with Gasteiger partial charge in [0.05, 0.1) is 18.6 Å². The van der Waals surface area contributed by atoms with E-state index in [0.717, 1.165) is 0 Å². The van der Waals surface area contributed by atoms with E-state index in [2.05, 4.69) is 0 Å². The number of aromatic hydroxyl groups is 1. The number of ether oxygens (including phenoxy) is 1. The van der Waals surface area contributed by atoms with Crippen LogP contribution in [0.15, 0.2) is 18.2 Å². The number of methoxy groups -OCH3 is 1. The third-order valence-corrected chi connectivity index (χ3v) is 1.87. The standard InChI is InChI=1S/C9H9ClO3/c1-13-6-2-3-8(11)7(4-6)9(12)5-10/h2-4,11H,5H2,1H3. The highest BCUT2D eigenvalue weighted by Gasteiger charge is 2.10. The number of halogens is 1. The number of benzene rings is 1. The Morgan fingerprint density at radius 2 is 2.31 bits per heavy atom. The van der Waals surface area contributed by atoms with E-state index in [1.807, 2.05) is 0 Å². The van der Waals surface area contributed by atoms with Crippen LogP contribution in [0.25, 0.3) is 0 Å². The maximum Gasteiger partial charge on any atom is 0.181 e. The number of hydrogen-bond acceptors (Lipinski definition) is 3. The van der Waals surface area contributed by atoms with Crippen molar-refractivity contribution >= 4 is 17.4 Å². The summed E-state index contributed by atoms with van der Waals surface area (Å²) in [5, 5.41) is 9.30. The molecule has 1 aromatic carbocycles. The molecule has 0 atom stereocenters. The van der Waals surface area contributed by atoms with Gasteiger partial charge >= 0.3 is 0 Å². The number of rotatable bonds is 3. The van der Waals surface area contributed by atoms with Crippen molar-refractivity contribution in [2.45, 2.75) is 0 Å². The molecule has 0 saturated heterocycles. The topological polar surface area (TPSA) is 46.5 Å². The summed E-state index contributed by atoms with van der Waals surface area (Å²) in [6, 6.07) is 4.43. The third-order valence-electron chi connectivity index (χ3n) is 1.63. The summed E-state index contributed by atoms with van der Waals surface area (Å²) >= 11 is 5.35. The monoisotopic (exact) mass is 200 g/mol. The number of alkyl halides is 1. The van der Waals surface area contributed by atoms with Crippen LogP contribution in [-0.4, -0.2) is 23.9 Å². The Bertz CT molecular complexity index is 323. The largest absolute Gasteiger partial charge is 0.507 e. The second kappa shape index (κ2) is 4.14. The smallest absolute Gasteiger partial charge is 0.181 e. The van der Waals surface area contributed by atoms with Crippen molar-refractivity contribution in [2.75, 3.05) is 13.0 Å².